The molecule has 2 aromatic rings. The molecule has 1 aliphatic heterocycles. The molecule has 136 valence electrons. The Labute approximate surface area is 154 Å². The minimum atomic E-state index is -3.51. The largest absolute Gasteiger partial charge is 0.375 e. The molecule has 0 bridgehead atoms. The van der Waals surface area contributed by atoms with Crippen LogP contribution in [0.15, 0.2) is 46.7 Å². The highest BCUT2D eigenvalue weighted by atomic mass is 32.2. The van der Waals surface area contributed by atoms with Crippen LogP contribution < -0.4 is 0 Å². The van der Waals surface area contributed by atoms with Gasteiger partial charge in [0.25, 0.3) is 10.0 Å². The molecule has 1 atom stereocenters. The SMILES string of the molecule is CCc1ccc(S(=O)(=O)N2CC(Cc3ccccc3)OCC2(C)C)s1. The molecular weight excluding hydrogens is 354 g/mol. The van der Waals surface area contributed by atoms with Gasteiger partial charge in [-0.3, -0.25) is 0 Å². The second kappa shape index (κ2) is 7.19. The number of thiophene rings is 1. The summed E-state index contributed by atoms with van der Waals surface area (Å²) in [5.74, 6) is 0. The van der Waals surface area contributed by atoms with Crippen molar-refractivity contribution in [2.24, 2.45) is 0 Å². The van der Waals surface area contributed by atoms with Crippen LogP contribution in [0.2, 0.25) is 0 Å². The van der Waals surface area contributed by atoms with Crippen molar-refractivity contribution in [3.63, 3.8) is 0 Å². The van der Waals surface area contributed by atoms with Gasteiger partial charge in [-0.15, -0.1) is 11.3 Å². The van der Waals surface area contributed by atoms with Crippen molar-refractivity contribution in [1.29, 1.82) is 0 Å². The first-order valence-corrected chi connectivity index (χ1v) is 10.9. The van der Waals surface area contributed by atoms with Crippen molar-refractivity contribution >= 4 is 21.4 Å². The maximum absolute atomic E-state index is 13.2. The van der Waals surface area contributed by atoms with Gasteiger partial charge in [-0.2, -0.15) is 4.31 Å². The molecule has 2 heterocycles. The van der Waals surface area contributed by atoms with Crippen LogP contribution in [0, 0.1) is 0 Å². The zero-order valence-electron chi connectivity index (χ0n) is 14.9. The molecule has 0 amide bonds. The fourth-order valence-electron chi connectivity index (χ4n) is 3.10. The topological polar surface area (TPSA) is 46.6 Å². The molecule has 0 spiro atoms. The first kappa shape index (κ1) is 18.6. The van der Waals surface area contributed by atoms with E-state index in [9.17, 15) is 8.42 Å². The quantitative estimate of drug-likeness (QED) is 0.795. The summed E-state index contributed by atoms with van der Waals surface area (Å²) in [5, 5.41) is 0. The normalized spacial score (nSPS) is 21.3. The van der Waals surface area contributed by atoms with Crippen molar-refractivity contribution in [2.45, 2.75) is 49.5 Å². The molecule has 1 aromatic heterocycles. The van der Waals surface area contributed by atoms with Gasteiger partial charge in [-0.05, 0) is 44.4 Å². The second-order valence-electron chi connectivity index (χ2n) is 7.05. The Kier molecular flexibility index (Phi) is 5.34. The first-order chi connectivity index (χ1) is 11.8. The number of ether oxygens (including phenoxy) is 1. The van der Waals surface area contributed by atoms with Gasteiger partial charge in [-0.1, -0.05) is 37.3 Å². The van der Waals surface area contributed by atoms with Crippen LogP contribution in [-0.2, 0) is 27.6 Å². The van der Waals surface area contributed by atoms with Gasteiger partial charge in [0.15, 0.2) is 0 Å². The predicted molar refractivity (Wildman–Crippen MR) is 102 cm³/mol. The fraction of sp³-hybridized carbons (Fsp3) is 0.474. The number of morpholine rings is 1. The van der Waals surface area contributed by atoms with Crippen molar-refractivity contribution < 1.29 is 13.2 Å². The number of aryl methyl sites for hydroxylation is 1. The minimum absolute atomic E-state index is 0.129. The number of sulfonamides is 1. The maximum atomic E-state index is 13.2. The Hall–Kier alpha value is -1.21. The molecule has 1 fully saturated rings. The molecule has 25 heavy (non-hydrogen) atoms. The molecule has 6 heteroatoms. The van der Waals surface area contributed by atoms with Crippen molar-refractivity contribution in [3.05, 3.63) is 52.9 Å². The van der Waals surface area contributed by atoms with E-state index in [1.165, 1.54) is 11.3 Å². The third-order valence-corrected chi connectivity index (χ3v) is 8.33. The highest BCUT2D eigenvalue weighted by Gasteiger charge is 2.43. The molecule has 1 unspecified atom stereocenters. The summed E-state index contributed by atoms with van der Waals surface area (Å²) in [6.07, 6.45) is 1.44. The Bertz CT molecular complexity index is 812. The van der Waals surface area contributed by atoms with Crippen molar-refractivity contribution in [3.8, 4) is 0 Å². The Morgan fingerprint density at radius 1 is 1.20 bits per heavy atom. The van der Waals surface area contributed by atoms with E-state index in [1.54, 1.807) is 10.4 Å². The molecule has 1 saturated heterocycles. The standard InChI is InChI=1S/C19H25NO3S2/c1-4-17-10-11-18(24-17)25(21,22)20-13-16(23-14-19(20,2)3)12-15-8-6-5-7-9-15/h5-11,16H,4,12-14H2,1-3H3. The number of rotatable bonds is 5. The van der Waals surface area contributed by atoms with Crippen LogP contribution in [-0.4, -0.2) is 37.5 Å². The molecule has 1 aromatic carbocycles. The number of nitrogens with zero attached hydrogens (tertiary/aromatic N) is 1. The van der Waals surface area contributed by atoms with Gasteiger partial charge in [0.1, 0.15) is 4.21 Å². The summed E-state index contributed by atoms with van der Waals surface area (Å²) in [6.45, 7) is 6.67. The fourth-order valence-corrected chi connectivity index (χ4v) is 6.31. The van der Waals surface area contributed by atoms with Gasteiger partial charge in [0.05, 0.1) is 18.2 Å². The summed E-state index contributed by atoms with van der Waals surface area (Å²) < 4.78 is 34.5. The molecule has 0 radical (unpaired) electrons. The highest BCUT2D eigenvalue weighted by molar-refractivity contribution is 7.91. The zero-order valence-corrected chi connectivity index (χ0v) is 16.6. The molecule has 0 saturated carbocycles. The molecule has 4 nitrogen and oxygen atoms in total. The van der Waals surface area contributed by atoms with Crippen LogP contribution in [0.3, 0.4) is 0 Å². The van der Waals surface area contributed by atoms with E-state index in [-0.39, 0.29) is 6.10 Å². The lowest BCUT2D eigenvalue weighted by molar-refractivity contribution is -0.0628. The molecule has 0 N–H and O–H groups in total. The molecular formula is C19H25NO3S2. The van der Waals surface area contributed by atoms with E-state index >= 15 is 0 Å². The number of hydrogen-bond acceptors (Lipinski definition) is 4. The summed E-state index contributed by atoms with van der Waals surface area (Å²) in [5.41, 5.74) is 0.608. The lowest BCUT2D eigenvalue weighted by Crippen LogP contribution is -2.58. The second-order valence-corrected chi connectivity index (χ2v) is 10.3. The summed E-state index contributed by atoms with van der Waals surface area (Å²) in [7, 11) is -3.51. The molecule has 1 aliphatic rings. The van der Waals surface area contributed by atoms with Gasteiger partial charge >= 0.3 is 0 Å². The Morgan fingerprint density at radius 2 is 1.92 bits per heavy atom. The lowest BCUT2D eigenvalue weighted by Gasteiger charge is -2.44. The van der Waals surface area contributed by atoms with E-state index in [4.69, 9.17) is 4.74 Å². The average molecular weight is 380 g/mol. The summed E-state index contributed by atoms with van der Waals surface area (Å²) in [4.78, 5) is 1.09. The Balaban J connectivity index is 1.84. The van der Waals surface area contributed by atoms with Crippen molar-refractivity contribution in [2.75, 3.05) is 13.2 Å². The minimum Gasteiger partial charge on any atom is -0.375 e. The smallest absolute Gasteiger partial charge is 0.253 e. The Morgan fingerprint density at radius 3 is 2.56 bits per heavy atom. The number of hydrogen-bond donors (Lipinski definition) is 0. The van der Waals surface area contributed by atoms with E-state index in [2.05, 4.69) is 12.1 Å². The van der Waals surface area contributed by atoms with Crippen LogP contribution in [0.5, 0.6) is 0 Å². The van der Waals surface area contributed by atoms with Gasteiger partial charge in [-0.25, -0.2) is 8.42 Å². The monoisotopic (exact) mass is 379 g/mol. The third kappa shape index (κ3) is 3.97. The number of benzene rings is 1. The summed E-state index contributed by atoms with van der Waals surface area (Å²) >= 11 is 1.37. The van der Waals surface area contributed by atoms with E-state index in [0.29, 0.717) is 23.8 Å². The predicted octanol–water partition coefficient (Wildman–Crippen LogP) is 3.72. The third-order valence-electron chi connectivity index (χ3n) is 4.55. The molecule has 0 aliphatic carbocycles. The average Bonchev–Trinajstić information content (AvgIpc) is 3.07. The van der Waals surface area contributed by atoms with Crippen LogP contribution >= 0.6 is 11.3 Å². The van der Waals surface area contributed by atoms with Gasteiger partial charge < -0.3 is 4.74 Å². The highest BCUT2D eigenvalue weighted by Crippen LogP contribution is 2.33. The van der Waals surface area contributed by atoms with Crippen LogP contribution in [0.1, 0.15) is 31.2 Å². The van der Waals surface area contributed by atoms with Gasteiger partial charge in [0.2, 0.25) is 0 Å². The van der Waals surface area contributed by atoms with Crippen molar-refractivity contribution in [1.82, 2.24) is 4.31 Å². The molecule has 3 rings (SSSR count). The maximum Gasteiger partial charge on any atom is 0.253 e. The zero-order chi connectivity index (χ0) is 18.1. The lowest BCUT2D eigenvalue weighted by atomic mass is 10.0. The summed E-state index contributed by atoms with van der Waals surface area (Å²) in [6, 6.07) is 13.7. The van der Waals surface area contributed by atoms with Crippen LogP contribution in [0.4, 0.5) is 0 Å². The van der Waals surface area contributed by atoms with Gasteiger partial charge in [0, 0.05) is 11.4 Å². The van der Waals surface area contributed by atoms with E-state index in [0.717, 1.165) is 16.9 Å². The van der Waals surface area contributed by atoms with E-state index in [1.807, 2.05) is 45.0 Å². The first-order valence-electron chi connectivity index (χ1n) is 8.60. The van der Waals surface area contributed by atoms with Crippen LogP contribution in [0.25, 0.3) is 0 Å². The van der Waals surface area contributed by atoms with E-state index < -0.39 is 15.6 Å².